The Morgan fingerprint density at radius 2 is 1.71 bits per heavy atom. The van der Waals surface area contributed by atoms with Crippen molar-refractivity contribution in [3.8, 4) is 0 Å². The highest BCUT2D eigenvalue weighted by Gasteiger charge is 2.21. The molecule has 0 spiro atoms. The Morgan fingerprint density at radius 3 is 2.47 bits per heavy atom. The molecule has 2 aromatic carbocycles. The molecule has 0 aliphatic heterocycles. The molecule has 3 rings (SSSR count). The van der Waals surface area contributed by atoms with Crippen LogP contribution in [0, 0.1) is 0 Å². The molecule has 1 aliphatic carbocycles. The van der Waals surface area contributed by atoms with Crippen LogP contribution in [0.4, 0.5) is 0 Å². The molecule has 17 heavy (non-hydrogen) atoms. The molecular formula is C16H15N. The minimum absolute atomic E-state index is 0.245. The standard InChI is InChI=1S/C16H15N/c17-16-11-14-9-8-13(10-15(14)16)7-6-12-4-2-1-3-5-12/h1-10,16H,11,17H2/b7-6+. The summed E-state index contributed by atoms with van der Waals surface area (Å²) in [5.74, 6) is 0. The Kier molecular flexibility index (Phi) is 2.54. The first-order chi connectivity index (χ1) is 8.33. The highest BCUT2D eigenvalue weighted by molar-refractivity contribution is 5.70. The number of rotatable bonds is 2. The molecule has 1 unspecified atom stereocenters. The van der Waals surface area contributed by atoms with Crippen LogP contribution in [0.5, 0.6) is 0 Å². The first kappa shape index (κ1) is 10.3. The normalized spacial score (nSPS) is 17.8. The highest BCUT2D eigenvalue weighted by atomic mass is 14.7. The Bertz CT molecular complexity index is 555. The number of hydrogen-bond donors (Lipinski definition) is 1. The fourth-order valence-electron chi connectivity index (χ4n) is 2.22. The van der Waals surface area contributed by atoms with Crippen molar-refractivity contribution in [3.63, 3.8) is 0 Å². The lowest BCUT2D eigenvalue weighted by molar-refractivity contribution is 0.636. The van der Waals surface area contributed by atoms with E-state index in [2.05, 4.69) is 42.5 Å². The van der Waals surface area contributed by atoms with E-state index in [-0.39, 0.29) is 6.04 Å². The predicted octanol–water partition coefficient (Wildman–Crippen LogP) is 3.41. The van der Waals surface area contributed by atoms with Crippen LogP contribution in [-0.4, -0.2) is 0 Å². The van der Waals surface area contributed by atoms with Crippen molar-refractivity contribution < 1.29 is 0 Å². The van der Waals surface area contributed by atoms with Gasteiger partial charge in [-0.05, 0) is 34.7 Å². The third kappa shape index (κ3) is 2.02. The largest absolute Gasteiger partial charge is 0.324 e. The van der Waals surface area contributed by atoms with Gasteiger partial charge in [0.25, 0.3) is 0 Å². The Labute approximate surface area is 102 Å². The summed E-state index contributed by atoms with van der Waals surface area (Å²) in [6.07, 6.45) is 5.30. The first-order valence-electron chi connectivity index (χ1n) is 5.94. The molecular weight excluding hydrogens is 206 g/mol. The lowest BCUT2D eigenvalue weighted by atomic mass is 9.83. The second-order valence-electron chi connectivity index (χ2n) is 4.51. The molecule has 0 aromatic heterocycles. The lowest BCUT2D eigenvalue weighted by Gasteiger charge is -2.26. The Hall–Kier alpha value is -1.86. The van der Waals surface area contributed by atoms with E-state index in [1.54, 1.807) is 0 Å². The van der Waals surface area contributed by atoms with Gasteiger partial charge in [-0.2, -0.15) is 0 Å². The summed E-state index contributed by atoms with van der Waals surface area (Å²) >= 11 is 0. The summed E-state index contributed by atoms with van der Waals surface area (Å²) in [6.45, 7) is 0. The van der Waals surface area contributed by atoms with Gasteiger partial charge in [-0.15, -0.1) is 0 Å². The number of fused-ring (bicyclic) bond motifs is 1. The van der Waals surface area contributed by atoms with Crippen LogP contribution in [0.3, 0.4) is 0 Å². The average molecular weight is 221 g/mol. The van der Waals surface area contributed by atoms with Gasteiger partial charge in [-0.3, -0.25) is 0 Å². The van der Waals surface area contributed by atoms with E-state index in [0.717, 1.165) is 6.42 Å². The van der Waals surface area contributed by atoms with Crippen LogP contribution in [-0.2, 0) is 6.42 Å². The number of nitrogens with two attached hydrogens (primary N) is 1. The van der Waals surface area contributed by atoms with E-state index >= 15 is 0 Å². The monoisotopic (exact) mass is 221 g/mol. The van der Waals surface area contributed by atoms with Crippen LogP contribution in [0.2, 0.25) is 0 Å². The van der Waals surface area contributed by atoms with Gasteiger partial charge in [0.2, 0.25) is 0 Å². The fourth-order valence-corrected chi connectivity index (χ4v) is 2.22. The van der Waals surface area contributed by atoms with E-state index in [4.69, 9.17) is 5.73 Å². The van der Waals surface area contributed by atoms with Crippen molar-refractivity contribution in [2.45, 2.75) is 12.5 Å². The zero-order valence-electron chi connectivity index (χ0n) is 9.64. The van der Waals surface area contributed by atoms with Crippen LogP contribution < -0.4 is 5.73 Å². The molecule has 0 saturated heterocycles. The summed E-state index contributed by atoms with van der Waals surface area (Å²) in [4.78, 5) is 0. The average Bonchev–Trinajstić information content (AvgIpc) is 2.37. The van der Waals surface area contributed by atoms with Crippen LogP contribution in [0.25, 0.3) is 12.2 Å². The second-order valence-corrected chi connectivity index (χ2v) is 4.51. The molecule has 2 N–H and O–H groups in total. The molecule has 1 nitrogen and oxygen atoms in total. The van der Waals surface area contributed by atoms with Gasteiger partial charge in [0.05, 0.1) is 0 Å². The van der Waals surface area contributed by atoms with Crippen molar-refractivity contribution in [2.24, 2.45) is 5.73 Å². The maximum absolute atomic E-state index is 5.94. The van der Waals surface area contributed by atoms with Crippen molar-refractivity contribution in [1.82, 2.24) is 0 Å². The molecule has 0 fully saturated rings. The Balaban J connectivity index is 1.84. The molecule has 0 radical (unpaired) electrons. The third-order valence-electron chi connectivity index (χ3n) is 3.28. The van der Waals surface area contributed by atoms with Crippen molar-refractivity contribution in [1.29, 1.82) is 0 Å². The van der Waals surface area contributed by atoms with E-state index < -0.39 is 0 Å². The van der Waals surface area contributed by atoms with Crippen LogP contribution >= 0.6 is 0 Å². The minimum Gasteiger partial charge on any atom is -0.324 e. The lowest BCUT2D eigenvalue weighted by Crippen LogP contribution is -2.24. The summed E-state index contributed by atoms with van der Waals surface area (Å²) < 4.78 is 0. The van der Waals surface area contributed by atoms with Crippen LogP contribution in [0.1, 0.15) is 28.3 Å². The molecule has 1 aliphatic rings. The van der Waals surface area contributed by atoms with E-state index in [1.807, 2.05) is 18.2 Å². The summed E-state index contributed by atoms with van der Waals surface area (Å²) in [7, 11) is 0. The molecule has 0 heterocycles. The Morgan fingerprint density at radius 1 is 0.941 bits per heavy atom. The number of hydrogen-bond acceptors (Lipinski definition) is 1. The fraction of sp³-hybridized carbons (Fsp3) is 0.125. The first-order valence-corrected chi connectivity index (χ1v) is 5.94. The van der Waals surface area contributed by atoms with Crippen LogP contribution in [0.15, 0.2) is 48.5 Å². The molecule has 0 bridgehead atoms. The van der Waals surface area contributed by atoms with Gasteiger partial charge in [0, 0.05) is 6.04 Å². The van der Waals surface area contributed by atoms with Crippen molar-refractivity contribution in [2.75, 3.05) is 0 Å². The van der Waals surface area contributed by atoms with E-state index in [0.29, 0.717) is 0 Å². The van der Waals surface area contributed by atoms with Gasteiger partial charge in [0.15, 0.2) is 0 Å². The van der Waals surface area contributed by atoms with E-state index in [1.165, 1.54) is 22.3 Å². The SMILES string of the molecule is NC1Cc2ccc(/C=C/c3ccccc3)cc21. The van der Waals surface area contributed by atoms with Gasteiger partial charge < -0.3 is 5.73 Å². The predicted molar refractivity (Wildman–Crippen MR) is 72.4 cm³/mol. The molecule has 2 aromatic rings. The maximum Gasteiger partial charge on any atom is 0.0338 e. The molecule has 1 atom stereocenters. The summed E-state index contributed by atoms with van der Waals surface area (Å²) in [6, 6.07) is 17.1. The summed E-state index contributed by atoms with van der Waals surface area (Å²) in [5.41, 5.74) is 11.1. The van der Waals surface area contributed by atoms with Gasteiger partial charge in [-0.25, -0.2) is 0 Å². The molecule has 0 amide bonds. The third-order valence-corrected chi connectivity index (χ3v) is 3.28. The minimum atomic E-state index is 0.245. The van der Waals surface area contributed by atoms with Crippen molar-refractivity contribution >= 4 is 12.2 Å². The molecule has 84 valence electrons. The zero-order valence-corrected chi connectivity index (χ0v) is 9.64. The van der Waals surface area contributed by atoms with Crippen molar-refractivity contribution in [3.05, 3.63) is 70.8 Å². The van der Waals surface area contributed by atoms with Gasteiger partial charge in [-0.1, -0.05) is 54.6 Å². The summed E-state index contributed by atoms with van der Waals surface area (Å²) in [5, 5.41) is 0. The second kappa shape index (κ2) is 4.19. The number of benzene rings is 2. The smallest absolute Gasteiger partial charge is 0.0338 e. The maximum atomic E-state index is 5.94. The molecule has 0 saturated carbocycles. The zero-order chi connectivity index (χ0) is 11.7. The van der Waals surface area contributed by atoms with Gasteiger partial charge in [0.1, 0.15) is 0 Å². The van der Waals surface area contributed by atoms with Gasteiger partial charge >= 0.3 is 0 Å². The highest BCUT2D eigenvalue weighted by Crippen LogP contribution is 2.31. The quantitative estimate of drug-likeness (QED) is 0.773. The topological polar surface area (TPSA) is 26.0 Å². The van der Waals surface area contributed by atoms with E-state index in [9.17, 15) is 0 Å². The molecule has 1 heteroatoms.